The van der Waals surface area contributed by atoms with Gasteiger partial charge in [0, 0.05) is 12.8 Å². The summed E-state index contributed by atoms with van der Waals surface area (Å²) in [6.07, 6.45) is -5.72. The molecule has 0 radical (unpaired) electrons. The van der Waals surface area contributed by atoms with Crippen LogP contribution >= 0.6 is 0 Å². The van der Waals surface area contributed by atoms with Crippen molar-refractivity contribution in [2.75, 3.05) is 5.32 Å². The Morgan fingerprint density at radius 2 is 1.61 bits per heavy atom. The van der Waals surface area contributed by atoms with E-state index in [1.807, 2.05) is 0 Å². The zero-order valence-corrected chi connectivity index (χ0v) is 16.2. The highest BCUT2D eigenvalue weighted by molar-refractivity contribution is 6.58. The predicted octanol–water partition coefficient (Wildman–Crippen LogP) is 3.45. The molecule has 2 aromatic carbocycles. The number of hydrogen-bond acceptors (Lipinski definition) is 3. The molecule has 31 heavy (non-hydrogen) atoms. The third-order valence-corrected chi connectivity index (χ3v) is 6.39. The van der Waals surface area contributed by atoms with Crippen molar-refractivity contribution in [2.24, 2.45) is 5.92 Å². The molecular weight excluding hydrogens is 420 g/mol. The molecule has 1 amide bonds. The van der Waals surface area contributed by atoms with Gasteiger partial charge in [0.2, 0.25) is 11.8 Å². The highest BCUT2D eigenvalue weighted by Crippen LogP contribution is 2.55. The van der Waals surface area contributed by atoms with Crippen molar-refractivity contribution in [3.8, 4) is 0 Å². The molecule has 0 unspecified atom stereocenters. The number of fused-ring (bicyclic) bond motifs is 1. The Balaban J connectivity index is 1.92. The summed E-state index contributed by atoms with van der Waals surface area (Å²) in [4.78, 5) is 13.3. The molecule has 1 aliphatic carbocycles. The Bertz CT molecular complexity index is 999. The molecule has 0 saturated heterocycles. The van der Waals surface area contributed by atoms with Crippen LogP contribution in [0.5, 0.6) is 0 Å². The summed E-state index contributed by atoms with van der Waals surface area (Å²) in [7, 11) is -1.76. The second-order valence-electron chi connectivity index (χ2n) is 8.11. The molecule has 2 aliphatic rings. The number of carbonyl (C=O) groups excluding carboxylic acids is 1. The van der Waals surface area contributed by atoms with Gasteiger partial charge in [0.1, 0.15) is 5.41 Å². The minimum absolute atomic E-state index is 0.0412. The number of anilines is 1. The first-order valence-corrected chi connectivity index (χ1v) is 9.83. The maximum atomic E-state index is 13.8. The van der Waals surface area contributed by atoms with E-state index >= 15 is 0 Å². The number of para-hydroxylation sites is 1. The zero-order chi connectivity index (χ0) is 22.6. The maximum Gasteiger partial charge on any atom is 0.488 e. The second kappa shape index (κ2) is 7.31. The number of halogens is 5. The van der Waals surface area contributed by atoms with Gasteiger partial charge in [-0.25, -0.2) is 8.78 Å². The summed E-state index contributed by atoms with van der Waals surface area (Å²) in [5.41, 5.74) is -2.39. The van der Waals surface area contributed by atoms with Gasteiger partial charge in [0.25, 0.3) is 0 Å². The average Bonchev–Trinajstić information content (AvgIpc) is 3.00. The van der Waals surface area contributed by atoms with Crippen LogP contribution in [0.3, 0.4) is 0 Å². The van der Waals surface area contributed by atoms with Crippen LogP contribution in [0.4, 0.5) is 27.6 Å². The number of amides is 1. The van der Waals surface area contributed by atoms with Gasteiger partial charge in [-0.2, -0.15) is 13.2 Å². The molecule has 1 fully saturated rings. The molecule has 0 aromatic heterocycles. The van der Waals surface area contributed by atoms with Gasteiger partial charge in [-0.3, -0.25) is 4.79 Å². The molecule has 1 heterocycles. The van der Waals surface area contributed by atoms with E-state index in [2.05, 4.69) is 5.32 Å². The van der Waals surface area contributed by atoms with Gasteiger partial charge in [0.05, 0.1) is 11.3 Å². The fourth-order valence-electron chi connectivity index (χ4n) is 4.91. The Hall–Kier alpha value is -2.46. The fourth-order valence-corrected chi connectivity index (χ4v) is 4.91. The van der Waals surface area contributed by atoms with Crippen LogP contribution in [-0.4, -0.2) is 29.0 Å². The standard InChI is InChI=1S/C21H19BF5NO3/c23-19(24)10-8-13(9-11-19)20(12-4-6-14(7-5-12)22(30)31)15-2-1-3-16(21(25,26)27)17(15)28-18(20)29/h1-7,13,30-31H,8-11H2,(H,28,29)/t20-/m0/s1. The normalized spacial score (nSPS) is 23.4. The summed E-state index contributed by atoms with van der Waals surface area (Å²) in [6, 6.07) is 9.10. The monoisotopic (exact) mass is 439 g/mol. The van der Waals surface area contributed by atoms with E-state index in [1.165, 1.54) is 36.4 Å². The second-order valence-corrected chi connectivity index (χ2v) is 8.11. The first kappa shape index (κ1) is 21.8. The lowest BCUT2D eigenvalue weighted by atomic mass is 9.61. The van der Waals surface area contributed by atoms with Crippen molar-refractivity contribution in [3.05, 3.63) is 59.2 Å². The molecule has 4 nitrogen and oxygen atoms in total. The number of carbonyl (C=O) groups is 1. The van der Waals surface area contributed by atoms with E-state index in [0.717, 1.165) is 6.07 Å². The minimum atomic E-state index is -4.71. The van der Waals surface area contributed by atoms with Gasteiger partial charge in [-0.05, 0) is 41.4 Å². The van der Waals surface area contributed by atoms with E-state index in [-0.39, 0.29) is 29.6 Å². The first-order valence-electron chi connectivity index (χ1n) is 9.83. The summed E-state index contributed by atoms with van der Waals surface area (Å²) < 4.78 is 68.5. The molecule has 0 bridgehead atoms. The summed E-state index contributed by atoms with van der Waals surface area (Å²) >= 11 is 0. The molecule has 1 atom stereocenters. The van der Waals surface area contributed by atoms with Gasteiger partial charge in [-0.15, -0.1) is 0 Å². The van der Waals surface area contributed by atoms with Crippen LogP contribution in [0.1, 0.15) is 42.4 Å². The lowest BCUT2D eigenvalue weighted by Gasteiger charge is -2.40. The first-order chi connectivity index (χ1) is 14.5. The van der Waals surface area contributed by atoms with Crippen LogP contribution in [-0.2, 0) is 16.4 Å². The van der Waals surface area contributed by atoms with Crippen LogP contribution in [0, 0.1) is 5.92 Å². The Morgan fingerprint density at radius 1 is 1.00 bits per heavy atom. The highest BCUT2D eigenvalue weighted by atomic mass is 19.4. The number of hydrogen-bond donors (Lipinski definition) is 3. The van der Waals surface area contributed by atoms with Crippen LogP contribution in [0.15, 0.2) is 42.5 Å². The maximum absolute atomic E-state index is 13.8. The molecular formula is C21H19BF5NO3. The topological polar surface area (TPSA) is 69.6 Å². The van der Waals surface area contributed by atoms with Crippen molar-refractivity contribution in [1.29, 1.82) is 0 Å². The summed E-state index contributed by atoms with van der Waals surface area (Å²) in [5, 5.41) is 21.1. The Kier molecular flexibility index (Phi) is 5.13. The molecule has 2 aromatic rings. The molecule has 0 spiro atoms. The van der Waals surface area contributed by atoms with Gasteiger partial charge in [0.15, 0.2) is 0 Å². The van der Waals surface area contributed by atoms with Crippen LogP contribution in [0.2, 0.25) is 0 Å². The van der Waals surface area contributed by atoms with Crippen LogP contribution < -0.4 is 10.8 Å². The number of alkyl halides is 5. The van der Waals surface area contributed by atoms with E-state index in [9.17, 15) is 36.8 Å². The SMILES string of the molecule is O=C1Nc2c(C(F)(F)F)cccc2[C@]1(c1ccc(B(O)O)cc1)C1CCC(F)(F)CC1. The van der Waals surface area contributed by atoms with E-state index in [1.54, 1.807) is 0 Å². The smallest absolute Gasteiger partial charge is 0.423 e. The molecule has 1 aliphatic heterocycles. The Labute approximate surface area is 175 Å². The number of nitrogens with one attached hydrogen (secondary N) is 1. The van der Waals surface area contributed by atoms with E-state index < -0.39 is 54.9 Å². The molecule has 3 N–H and O–H groups in total. The molecule has 4 rings (SSSR count). The molecule has 10 heteroatoms. The lowest BCUT2D eigenvalue weighted by molar-refractivity contribution is -0.136. The van der Waals surface area contributed by atoms with E-state index in [0.29, 0.717) is 5.56 Å². The molecule has 164 valence electrons. The largest absolute Gasteiger partial charge is 0.488 e. The molecule has 1 saturated carbocycles. The fraction of sp³-hybridized carbons (Fsp3) is 0.381. The van der Waals surface area contributed by atoms with Crippen molar-refractivity contribution < 1.29 is 36.8 Å². The predicted molar refractivity (Wildman–Crippen MR) is 104 cm³/mol. The summed E-state index contributed by atoms with van der Waals surface area (Å²) in [5.74, 6) is -4.23. The number of rotatable bonds is 3. The van der Waals surface area contributed by atoms with Crippen molar-refractivity contribution in [3.63, 3.8) is 0 Å². The summed E-state index contributed by atoms with van der Waals surface area (Å²) in [6.45, 7) is 0. The van der Waals surface area contributed by atoms with Crippen molar-refractivity contribution in [1.82, 2.24) is 0 Å². The highest BCUT2D eigenvalue weighted by Gasteiger charge is 2.57. The number of benzene rings is 2. The van der Waals surface area contributed by atoms with Crippen LogP contribution in [0.25, 0.3) is 0 Å². The van der Waals surface area contributed by atoms with E-state index in [4.69, 9.17) is 0 Å². The minimum Gasteiger partial charge on any atom is -0.423 e. The Morgan fingerprint density at radius 3 is 2.16 bits per heavy atom. The van der Waals surface area contributed by atoms with Gasteiger partial charge in [-0.1, -0.05) is 36.4 Å². The van der Waals surface area contributed by atoms with Crippen molar-refractivity contribution >= 4 is 24.2 Å². The average molecular weight is 439 g/mol. The van der Waals surface area contributed by atoms with Crippen molar-refractivity contribution in [2.45, 2.75) is 43.2 Å². The third kappa shape index (κ3) is 3.51. The zero-order valence-electron chi connectivity index (χ0n) is 16.2. The van der Waals surface area contributed by atoms with Gasteiger partial charge >= 0.3 is 13.3 Å². The quantitative estimate of drug-likeness (QED) is 0.507. The third-order valence-electron chi connectivity index (χ3n) is 6.39. The lowest BCUT2D eigenvalue weighted by Crippen LogP contribution is -2.46. The van der Waals surface area contributed by atoms with Gasteiger partial charge < -0.3 is 15.4 Å².